The highest BCUT2D eigenvalue weighted by Crippen LogP contribution is 2.32. The molecule has 0 spiro atoms. The summed E-state index contributed by atoms with van der Waals surface area (Å²) in [6.45, 7) is 2.28. The van der Waals surface area contributed by atoms with Gasteiger partial charge in [0.1, 0.15) is 11.5 Å². The number of unbranched alkanes of at least 4 members (excludes halogenated alkanes) is 13. The molecule has 0 saturated heterocycles. The minimum Gasteiger partial charge on any atom is -0.508 e. The maximum Gasteiger partial charge on any atom is 0.115 e. The number of hydrogen-bond donors (Lipinski definition) is 2. The third-order valence-corrected chi connectivity index (χ3v) is 6.44. The Morgan fingerprint density at radius 1 is 0.484 bits per heavy atom. The summed E-state index contributed by atoms with van der Waals surface area (Å²) in [5.74, 6) is 0.938. The molecule has 0 bridgehead atoms. The van der Waals surface area contributed by atoms with Crippen LogP contribution in [0.25, 0.3) is 0 Å². The van der Waals surface area contributed by atoms with Gasteiger partial charge in [-0.3, -0.25) is 0 Å². The van der Waals surface area contributed by atoms with Crippen molar-refractivity contribution in [2.24, 2.45) is 0 Å². The van der Waals surface area contributed by atoms with Gasteiger partial charge in [0.05, 0.1) is 0 Å². The first-order chi connectivity index (χ1) is 15.2. The van der Waals surface area contributed by atoms with E-state index in [1.165, 1.54) is 101 Å². The van der Waals surface area contributed by atoms with Gasteiger partial charge in [-0.1, -0.05) is 121 Å². The van der Waals surface area contributed by atoms with Gasteiger partial charge < -0.3 is 10.2 Å². The fourth-order valence-corrected chi connectivity index (χ4v) is 4.48. The van der Waals surface area contributed by atoms with E-state index in [0.29, 0.717) is 17.4 Å². The van der Waals surface area contributed by atoms with E-state index in [4.69, 9.17) is 0 Å². The number of rotatable bonds is 17. The average molecular weight is 425 g/mol. The van der Waals surface area contributed by atoms with Crippen LogP contribution in [0.1, 0.15) is 120 Å². The Morgan fingerprint density at radius 3 is 1.16 bits per heavy atom. The van der Waals surface area contributed by atoms with Gasteiger partial charge in [0.25, 0.3) is 0 Å². The fourth-order valence-electron chi connectivity index (χ4n) is 4.48. The lowest BCUT2D eigenvalue weighted by atomic mass is 9.86. The number of phenols is 2. The molecule has 2 N–H and O–H groups in total. The predicted octanol–water partition coefficient (Wildman–Crippen LogP) is 9.10. The summed E-state index contributed by atoms with van der Waals surface area (Å²) in [5, 5.41) is 19.2. The normalized spacial score (nSPS) is 11.3. The molecule has 0 amide bonds. The Kier molecular flexibility index (Phi) is 12.9. The van der Waals surface area contributed by atoms with E-state index in [-0.39, 0.29) is 0 Å². The predicted molar refractivity (Wildman–Crippen MR) is 133 cm³/mol. The van der Waals surface area contributed by atoms with Crippen LogP contribution in [0.15, 0.2) is 48.5 Å². The van der Waals surface area contributed by atoms with Gasteiger partial charge in [0.2, 0.25) is 0 Å². The van der Waals surface area contributed by atoms with Gasteiger partial charge in [-0.2, -0.15) is 0 Å². The zero-order valence-electron chi connectivity index (χ0n) is 19.7. The highest BCUT2D eigenvalue weighted by atomic mass is 16.3. The first kappa shape index (κ1) is 25.3. The van der Waals surface area contributed by atoms with Crippen LogP contribution >= 0.6 is 0 Å². The van der Waals surface area contributed by atoms with Gasteiger partial charge >= 0.3 is 0 Å². The Morgan fingerprint density at radius 2 is 0.806 bits per heavy atom. The molecule has 172 valence electrons. The van der Waals surface area contributed by atoms with Crippen molar-refractivity contribution in [2.75, 3.05) is 0 Å². The van der Waals surface area contributed by atoms with Crippen molar-refractivity contribution in [3.05, 3.63) is 59.7 Å². The van der Waals surface area contributed by atoms with Crippen molar-refractivity contribution in [1.29, 1.82) is 0 Å². The van der Waals surface area contributed by atoms with Gasteiger partial charge in [-0.15, -0.1) is 0 Å². The zero-order valence-corrected chi connectivity index (χ0v) is 19.7. The third-order valence-electron chi connectivity index (χ3n) is 6.44. The molecular weight excluding hydrogens is 380 g/mol. The third kappa shape index (κ3) is 10.8. The number of hydrogen-bond acceptors (Lipinski definition) is 2. The standard InChI is InChI=1S/C29H44O2/c1-2-3-4-5-6-7-8-9-10-11-12-13-14-15-16-29(25-17-21-27(30)22-18-25)26-19-23-28(31)24-20-26/h17-24,29-31H,2-16H2,1H3. The van der Waals surface area contributed by atoms with Crippen molar-refractivity contribution in [3.63, 3.8) is 0 Å². The van der Waals surface area contributed by atoms with E-state index < -0.39 is 0 Å². The van der Waals surface area contributed by atoms with Crippen LogP contribution in [0, 0.1) is 0 Å². The van der Waals surface area contributed by atoms with Crippen LogP contribution in [0.5, 0.6) is 11.5 Å². The number of aromatic hydroxyl groups is 2. The molecule has 2 aromatic carbocycles. The SMILES string of the molecule is CCCCCCCCCCCCCCCCC(c1ccc(O)cc1)c1ccc(O)cc1. The van der Waals surface area contributed by atoms with Crippen LogP contribution in [0.4, 0.5) is 0 Å². The topological polar surface area (TPSA) is 40.5 Å². The minimum absolute atomic E-state index is 0.310. The van der Waals surface area contributed by atoms with Crippen LogP contribution in [-0.2, 0) is 0 Å². The molecule has 0 saturated carbocycles. The Hall–Kier alpha value is -1.96. The second kappa shape index (κ2) is 15.8. The summed E-state index contributed by atoms with van der Waals surface area (Å²) in [4.78, 5) is 0. The second-order valence-electron chi connectivity index (χ2n) is 9.12. The summed E-state index contributed by atoms with van der Waals surface area (Å²) in [5.41, 5.74) is 2.47. The van der Waals surface area contributed by atoms with Crippen molar-refractivity contribution < 1.29 is 10.2 Å². The highest BCUT2D eigenvalue weighted by Gasteiger charge is 2.14. The summed E-state index contributed by atoms with van der Waals surface area (Å²) in [7, 11) is 0. The van der Waals surface area contributed by atoms with Gasteiger partial charge in [0, 0.05) is 5.92 Å². The molecule has 0 aliphatic heterocycles. The minimum atomic E-state index is 0.310. The van der Waals surface area contributed by atoms with Crippen molar-refractivity contribution >= 4 is 0 Å². The van der Waals surface area contributed by atoms with Crippen molar-refractivity contribution in [2.45, 2.75) is 109 Å². The van der Waals surface area contributed by atoms with E-state index in [2.05, 4.69) is 6.92 Å². The first-order valence-electron chi connectivity index (χ1n) is 12.8. The molecule has 0 aliphatic rings. The van der Waals surface area contributed by atoms with Crippen molar-refractivity contribution in [1.82, 2.24) is 0 Å². The molecule has 2 nitrogen and oxygen atoms in total. The number of benzene rings is 2. The van der Waals surface area contributed by atoms with Gasteiger partial charge in [0.15, 0.2) is 0 Å². The van der Waals surface area contributed by atoms with E-state index in [0.717, 1.165) is 6.42 Å². The lowest BCUT2D eigenvalue weighted by Crippen LogP contribution is -2.01. The zero-order chi connectivity index (χ0) is 22.2. The Labute approximate surface area is 190 Å². The molecule has 0 radical (unpaired) electrons. The molecule has 2 heteroatoms. The molecule has 0 aliphatic carbocycles. The monoisotopic (exact) mass is 424 g/mol. The smallest absolute Gasteiger partial charge is 0.115 e. The van der Waals surface area contributed by atoms with E-state index in [1.54, 1.807) is 24.3 Å². The average Bonchev–Trinajstić information content (AvgIpc) is 2.78. The lowest BCUT2D eigenvalue weighted by Gasteiger charge is -2.18. The summed E-state index contributed by atoms with van der Waals surface area (Å²) in [6, 6.07) is 15.2. The summed E-state index contributed by atoms with van der Waals surface area (Å²) in [6.07, 6.45) is 20.4. The van der Waals surface area contributed by atoms with Crippen LogP contribution in [-0.4, -0.2) is 10.2 Å². The van der Waals surface area contributed by atoms with Crippen molar-refractivity contribution in [3.8, 4) is 11.5 Å². The van der Waals surface area contributed by atoms with Crippen LogP contribution in [0.3, 0.4) is 0 Å². The maximum absolute atomic E-state index is 9.62. The summed E-state index contributed by atoms with van der Waals surface area (Å²) < 4.78 is 0. The molecule has 0 atom stereocenters. The molecule has 2 aromatic rings. The number of phenolic OH excluding ortho intramolecular Hbond substituents is 2. The quantitative estimate of drug-likeness (QED) is 0.249. The molecule has 0 aromatic heterocycles. The van der Waals surface area contributed by atoms with E-state index in [9.17, 15) is 10.2 Å². The largest absolute Gasteiger partial charge is 0.508 e. The fraction of sp³-hybridized carbons (Fsp3) is 0.586. The van der Waals surface area contributed by atoms with Crippen LogP contribution < -0.4 is 0 Å². The maximum atomic E-state index is 9.62. The van der Waals surface area contributed by atoms with Crippen LogP contribution in [0.2, 0.25) is 0 Å². The van der Waals surface area contributed by atoms with Gasteiger partial charge in [-0.25, -0.2) is 0 Å². The Bertz CT molecular complexity index is 629. The molecule has 31 heavy (non-hydrogen) atoms. The first-order valence-corrected chi connectivity index (χ1v) is 12.8. The van der Waals surface area contributed by atoms with E-state index in [1.807, 2.05) is 24.3 Å². The molecule has 0 fully saturated rings. The molecule has 2 rings (SSSR count). The summed E-state index contributed by atoms with van der Waals surface area (Å²) >= 11 is 0. The molecular formula is C29H44O2. The van der Waals surface area contributed by atoms with Gasteiger partial charge in [-0.05, 0) is 41.8 Å². The Balaban J connectivity index is 1.60. The van der Waals surface area contributed by atoms with E-state index >= 15 is 0 Å². The second-order valence-corrected chi connectivity index (χ2v) is 9.12. The molecule has 0 heterocycles. The lowest BCUT2D eigenvalue weighted by molar-refractivity contribution is 0.474. The molecule has 0 unspecified atom stereocenters. The highest BCUT2D eigenvalue weighted by molar-refractivity contribution is 5.37.